The zero-order valence-corrected chi connectivity index (χ0v) is 20.2. The van der Waals surface area contributed by atoms with Crippen LogP contribution in [0.3, 0.4) is 0 Å². The number of benzene rings is 2. The largest absolute Gasteiger partial charge is 0.416 e. The SMILES string of the molecule is Cc1ccc(Cn2ncc3cc(/C=C4\SC(N5CCN[C@@H](CO)C5)=NC4=O)ccc32)c(C(F)(F)F)c1. The Labute approximate surface area is 209 Å². The highest BCUT2D eigenvalue weighted by atomic mass is 32.2. The van der Waals surface area contributed by atoms with Crippen molar-refractivity contribution in [2.45, 2.75) is 25.7 Å². The number of hydrogen-bond acceptors (Lipinski definition) is 6. The van der Waals surface area contributed by atoms with Crippen molar-refractivity contribution >= 4 is 39.8 Å². The average Bonchev–Trinajstić information content (AvgIpc) is 3.42. The van der Waals surface area contributed by atoms with E-state index in [1.165, 1.54) is 17.8 Å². The molecule has 1 saturated heterocycles. The van der Waals surface area contributed by atoms with Crippen molar-refractivity contribution in [2.24, 2.45) is 4.99 Å². The van der Waals surface area contributed by atoms with Crippen LogP contribution in [0, 0.1) is 6.92 Å². The molecule has 2 N–H and O–H groups in total. The van der Waals surface area contributed by atoms with Crippen molar-refractivity contribution in [2.75, 3.05) is 26.2 Å². The number of carbonyl (C=O) groups is 1. The lowest BCUT2D eigenvalue weighted by atomic mass is 10.0. The third-order valence-electron chi connectivity index (χ3n) is 6.21. The van der Waals surface area contributed by atoms with E-state index in [0.717, 1.165) is 17.0 Å². The van der Waals surface area contributed by atoms with Gasteiger partial charge in [0.05, 0.1) is 35.3 Å². The number of aliphatic hydroxyl groups is 1. The fourth-order valence-corrected chi connectivity index (χ4v) is 5.33. The number of halogens is 3. The Kier molecular flexibility index (Phi) is 6.62. The molecule has 36 heavy (non-hydrogen) atoms. The summed E-state index contributed by atoms with van der Waals surface area (Å²) in [7, 11) is 0. The number of alkyl halides is 3. The molecule has 3 aromatic rings. The van der Waals surface area contributed by atoms with E-state index in [1.807, 2.05) is 17.0 Å². The highest BCUT2D eigenvalue weighted by Gasteiger charge is 2.33. The summed E-state index contributed by atoms with van der Waals surface area (Å²) in [6.45, 7) is 3.61. The molecule has 2 aromatic carbocycles. The van der Waals surface area contributed by atoms with Gasteiger partial charge in [0.2, 0.25) is 0 Å². The molecule has 7 nitrogen and oxygen atoms in total. The number of carbonyl (C=O) groups excluding carboxylic acids is 1. The standard InChI is InChI=1S/C25H24F3N5O2S/c1-15-2-4-17(20(8-15)25(26,27)28)12-33-21-5-3-16(9-18(21)11-30-33)10-22-23(35)31-24(36-22)32-7-6-29-19(13-32)14-34/h2-5,8-11,19,29,34H,6-7,12-14H2,1H3/b22-10-/t19-/m1/s1. The van der Waals surface area contributed by atoms with E-state index in [0.29, 0.717) is 40.8 Å². The van der Waals surface area contributed by atoms with E-state index in [1.54, 1.807) is 36.0 Å². The lowest BCUT2D eigenvalue weighted by molar-refractivity contribution is -0.138. The maximum atomic E-state index is 13.5. The van der Waals surface area contributed by atoms with Crippen LogP contribution in [0.2, 0.25) is 0 Å². The number of aromatic nitrogens is 2. The van der Waals surface area contributed by atoms with E-state index in [-0.39, 0.29) is 30.7 Å². The maximum absolute atomic E-state index is 13.5. The van der Waals surface area contributed by atoms with Crippen LogP contribution in [0.25, 0.3) is 17.0 Å². The van der Waals surface area contributed by atoms with Crippen LogP contribution in [0.5, 0.6) is 0 Å². The van der Waals surface area contributed by atoms with Gasteiger partial charge in [-0.3, -0.25) is 9.48 Å². The number of aliphatic imine (C=N–C) groups is 1. The van der Waals surface area contributed by atoms with Crippen molar-refractivity contribution in [3.05, 3.63) is 69.8 Å². The number of fused-ring (bicyclic) bond motifs is 1. The molecule has 2 aliphatic heterocycles. The minimum absolute atomic E-state index is 0.00980. The Balaban J connectivity index is 1.35. The number of rotatable bonds is 4. The Morgan fingerprint density at radius 3 is 2.86 bits per heavy atom. The van der Waals surface area contributed by atoms with Crippen LogP contribution >= 0.6 is 11.8 Å². The van der Waals surface area contributed by atoms with Gasteiger partial charge in [-0.05, 0) is 54.1 Å². The minimum Gasteiger partial charge on any atom is -0.395 e. The van der Waals surface area contributed by atoms with Gasteiger partial charge in [-0.25, -0.2) is 0 Å². The molecule has 1 aromatic heterocycles. The fourth-order valence-electron chi connectivity index (χ4n) is 4.38. The number of amides is 1. The van der Waals surface area contributed by atoms with Gasteiger partial charge >= 0.3 is 6.18 Å². The van der Waals surface area contributed by atoms with Gasteiger partial charge in [0.25, 0.3) is 5.91 Å². The molecule has 0 saturated carbocycles. The quantitative estimate of drug-likeness (QED) is 0.517. The van der Waals surface area contributed by atoms with Crippen LogP contribution in [-0.2, 0) is 17.5 Å². The van der Waals surface area contributed by atoms with Crippen molar-refractivity contribution < 1.29 is 23.1 Å². The first kappa shape index (κ1) is 24.5. The number of piperazine rings is 1. The molecular weight excluding hydrogens is 491 g/mol. The molecule has 0 aliphatic carbocycles. The fraction of sp³-hybridized carbons (Fsp3) is 0.320. The van der Waals surface area contributed by atoms with Gasteiger partial charge in [0, 0.05) is 31.1 Å². The van der Waals surface area contributed by atoms with Gasteiger partial charge in [-0.1, -0.05) is 23.8 Å². The Hall–Kier alpha value is -3.15. The van der Waals surface area contributed by atoms with Gasteiger partial charge in [0.1, 0.15) is 0 Å². The molecule has 11 heteroatoms. The van der Waals surface area contributed by atoms with Crippen LogP contribution in [0.1, 0.15) is 22.3 Å². The summed E-state index contributed by atoms with van der Waals surface area (Å²) in [5.74, 6) is -0.316. The summed E-state index contributed by atoms with van der Waals surface area (Å²) in [6, 6.07) is 9.71. The van der Waals surface area contributed by atoms with Crippen LogP contribution in [0.15, 0.2) is 52.5 Å². The van der Waals surface area contributed by atoms with Crippen LogP contribution < -0.4 is 5.32 Å². The molecule has 1 fully saturated rings. The van der Waals surface area contributed by atoms with E-state index in [9.17, 15) is 23.1 Å². The van der Waals surface area contributed by atoms with Crippen molar-refractivity contribution in [1.82, 2.24) is 20.0 Å². The average molecular weight is 516 g/mol. The molecular formula is C25H24F3N5O2S. The summed E-state index contributed by atoms with van der Waals surface area (Å²) in [5, 5.41) is 18.3. The number of amidine groups is 1. The lowest BCUT2D eigenvalue weighted by Gasteiger charge is -2.33. The third-order valence-corrected chi connectivity index (χ3v) is 7.25. The molecule has 0 bridgehead atoms. The molecule has 188 valence electrons. The summed E-state index contributed by atoms with van der Waals surface area (Å²) in [4.78, 5) is 19.2. The Morgan fingerprint density at radius 1 is 1.25 bits per heavy atom. The number of aryl methyl sites for hydroxylation is 1. The molecule has 0 radical (unpaired) electrons. The number of hydrogen-bond donors (Lipinski definition) is 2. The first-order valence-electron chi connectivity index (χ1n) is 11.5. The van der Waals surface area contributed by atoms with E-state index >= 15 is 0 Å². The molecule has 5 rings (SSSR count). The van der Waals surface area contributed by atoms with Gasteiger partial charge in [-0.15, -0.1) is 0 Å². The molecule has 1 amide bonds. The number of aliphatic hydroxyl groups excluding tert-OH is 1. The lowest BCUT2D eigenvalue weighted by Crippen LogP contribution is -2.53. The van der Waals surface area contributed by atoms with Crippen LogP contribution in [-0.4, -0.2) is 63.1 Å². The third kappa shape index (κ3) is 5.04. The second-order valence-electron chi connectivity index (χ2n) is 8.87. The van der Waals surface area contributed by atoms with Gasteiger partial charge < -0.3 is 15.3 Å². The molecule has 3 heterocycles. The van der Waals surface area contributed by atoms with Crippen molar-refractivity contribution in [3.8, 4) is 0 Å². The summed E-state index contributed by atoms with van der Waals surface area (Å²) >= 11 is 1.30. The number of nitrogens with zero attached hydrogens (tertiary/aromatic N) is 4. The zero-order chi connectivity index (χ0) is 25.4. The molecule has 0 spiro atoms. The van der Waals surface area contributed by atoms with Gasteiger partial charge in [0.15, 0.2) is 5.17 Å². The first-order valence-corrected chi connectivity index (χ1v) is 12.3. The van der Waals surface area contributed by atoms with Crippen molar-refractivity contribution in [3.63, 3.8) is 0 Å². The van der Waals surface area contributed by atoms with E-state index in [4.69, 9.17) is 0 Å². The Morgan fingerprint density at radius 2 is 2.08 bits per heavy atom. The monoisotopic (exact) mass is 515 g/mol. The first-order chi connectivity index (χ1) is 17.2. The smallest absolute Gasteiger partial charge is 0.395 e. The summed E-state index contributed by atoms with van der Waals surface area (Å²) < 4.78 is 42.2. The second kappa shape index (κ2) is 9.72. The molecule has 0 unspecified atom stereocenters. The highest BCUT2D eigenvalue weighted by Crippen LogP contribution is 2.34. The van der Waals surface area contributed by atoms with Crippen LogP contribution in [0.4, 0.5) is 13.2 Å². The summed E-state index contributed by atoms with van der Waals surface area (Å²) in [5.41, 5.74) is 1.51. The predicted molar refractivity (Wildman–Crippen MR) is 133 cm³/mol. The Bertz CT molecular complexity index is 1380. The van der Waals surface area contributed by atoms with E-state index in [2.05, 4.69) is 15.4 Å². The topological polar surface area (TPSA) is 82.8 Å². The maximum Gasteiger partial charge on any atom is 0.416 e. The van der Waals surface area contributed by atoms with Crippen molar-refractivity contribution in [1.29, 1.82) is 0 Å². The number of nitrogens with one attached hydrogen (secondary N) is 1. The predicted octanol–water partition coefficient (Wildman–Crippen LogP) is 3.65. The number of thioether (sulfide) groups is 1. The summed E-state index contributed by atoms with van der Waals surface area (Å²) in [6.07, 6.45) is -1.08. The zero-order valence-electron chi connectivity index (χ0n) is 19.4. The second-order valence-corrected chi connectivity index (χ2v) is 9.88. The highest BCUT2D eigenvalue weighted by molar-refractivity contribution is 8.18. The minimum atomic E-state index is -4.44. The van der Waals surface area contributed by atoms with E-state index < -0.39 is 11.7 Å². The molecule has 1 atom stereocenters. The van der Waals surface area contributed by atoms with Gasteiger partial charge in [-0.2, -0.15) is 23.3 Å². The molecule has 2 aliphatic rings. The normalized spacial score (nSPS) is 20.0.